The van der Waals surface area contributed by atoms with Gasteiger partial charge in [0.1, 0.15) is 0 Å². The van der Waals surface area contributed by atoms with Crippen molar-refractivity contribution in [3.63, 3.8) is 0 Å². The molecule has 0 atom stereocenters. The van der Waals surface area contributed by atoms with Crippen LogP contribution in [-0.2, 0) is 20.7 Å². The van der Waals surface area contributed by atoms with Crippen LogP contribution in [0.2, 0.25) is 0 Å². The highest BCUT2D eigenvalue weighted by molar-refractivity contribution is 7.09. The summed E-state index contributed by atoms with van der Waals surface area (Å²) in [5.74, 6) is -1.53. The van der Waals surface area contributed by atoms with E-state index in [0.29, 0.717) is 13.0 Å². The molecule has 0 aliphatic heterocycles. The van der Waals surface area contributed by atoms with Gasteiger partial charge in [-0.2, -0.15) is 0 Å². The van der Waals surface area contributed by atoms with Crippen molar-refractivity contribution in [3.05, 3.63) is 16.1 Å². The largest absolute Gasteiger partial charge is 0.459 e. The molecule has 1 amide bonds. The first-order chi connectivity index (χ1) is 7.63. The maximum atomic E-state index is 11.1. The third kappa shape index (κ3) is 3.98. The van der Waals surface area contributed by atoms with E-state index >= 15 is 0 Å². The molecule has 16 heavy (non-hydrogen) atoms. The summed E-state index contributed by atoms with van der Waals surface area (Å²) in [7, 11) is 0. The van der Waals surface area contributed by atoms with Crippen LogP contribution in [0.15, 0.2) is 5.38 Å². The molecule has 0 fully saturated rings. The molecule has 0 aromatic carbocycles. The van der Waals surface area contributed by atoms with Gasteiger partial charge in [0.05, 0.1) is 11.6 Å². The van der Waals surface area contributed by atoms with E-state index in [1.165, 1.54) is 0 Å². The van der Waals surface area contributed by atoms with Crippen molar-refractivity contribution in [1.82, 2.24) is 10.3 Å². The van der Waals surface area contributed by atoms with Gasteiger partial charge in [-0.25, -0.2) is 9.78 Å². The predicted octanol–water partition coefficient (Wildman–Crippen LogP) is 0.673. The van der Waals surface area contributed by atoms with Crippen LogP contribution in [-0.4, -0.2) is 30.0 Å². The number of aromatic nitrogens is 1. The Morgan fingerprint density at radius 2 is 2.31 bits per heavy atom. The molecular formula is C10H14N2O3S. The SMILES string of the molecule is CCOC(=O)C(=O)NCCc1nc(C)cs1. The Labute approximate surface area is 97.8 Å². The van der Waals surface area contributed by atoms with Crippen LogP contribution in [0.5, 0.6) is 0 Å². The first-order valence-electron chi connectivity index (χ1n) is 4.99. The first kappa shape index (κ1) is 12.6. The Morgan fingerprint density at radius 3 is 2.88 bits per heavy atom. The van der Waals surface area contributed by atoms with Gasteiger partial charge in [-0.3, -0.25) is 4.79 Å². The minimum atomic E-state index is -0.835. The molecule has 1 N–H and O–H groups in total. The van der Waals surface area contributed by atoms with E-state index in [1.54, 1.807) is 18.3 Å². The highest BCUT2D eigenvalue weighted by Gasteiger charge is 2.13. The van der Waals surface area contributed by atoms with Gasteiger partial charge < -0.3 is 10.1 Å². The quantitative estimate of drug-likeness (QED) is 0.622. The summed E-state index contributed by atoms with van der Waals surface area (Å²) in [6, 6.07) is 0. The zero-order valence-electron chi connectivity index (χ0n) is 9.28. The summed E-state index contributed by atoms with van der Waals surface area (Å²) in [6.45, 7) is 4.17. The van der Waals surface area contributed by atoms with Gasteiger partial charge in [-0.15, -0.1) is 11.3 Å². The Balaban J connectivity index is 2.25. The number of nitrogens with zero attached hydrogens (tertiary/aromatic N) is 1. The number of hydrogen-bond acceptors (Lipinski definition) is 5. The van der Waals surface area contributed by atoms with Crippen molar-refractivity contribution in [2.75, 3.05) is 13.2 Å². The summed E-state index contributed by atoms with van der Waals surface area (Å²) < 4.78 is 4.55. The molecule has 1 aromatic heterocycles. The monoisotopic (exact) mass is 242 g/mol. The number of ether oxygens (including phenoxy) is 1. The lowest BCUT2D eigenvalue weighted by Crippen LogP contribution is -2.33. The number of nitrogens with one attached hydrogen (secondary N) is 1. The molecule has 1 rings (SSSR count). The topological polar surface area (TPSA) is 68.3 Å². The molecule has 6 heteroatoms. The number of carbonyl (C=O) groups excluding carboxylic acids is 2. The van der Waals surface area contributed by atoms with E-state index < -0.39 is 11.9 Å². The maximum Gasteiger partial charge on any atom is 0.396 e. The summed E-state index contributed by atoms with van der Waals surface area (Å²) >= 11 is 1.54. The molecular weight excluding hydrogens is 228 g/mol. The fourth-order valence-electron chi connectivity index (χ4n) is 1.07. The van der Waals surface area contributed by atoms with E-state index in [9.17, 15) is 9.59 Å². The summed E-state index contributed by atoms with van der Waals surface area (Å²) in [4.78, 5) is 26.3. The highest BCUT2D eigenvalue weighted by atomic mass is 32.1. The molecule has 0 bridgehead atoms. The highest BCUT2D eigenvalue weighted by Crippen LogP contribution is 2.08. The normalized spacial score (nSPS) is 9.88. The molecule has 0 saturated carbocycles. The molecule has 1 aromatic rings. The van der Waals surface area contributed by atoms with Crippen LogP contribution >= 0.6 is 11.3 Å². The Bertz CT molecular complexity index is 376. The van der Waals surface area contributed by atoms with E-state index in [-0.39, 0.29) is 6.61 Å². The summed E-state index contributed by atoms with van der Waals surface area (Å²) in [5.41, 5.74) is 0.969. The lowest BCUT2D eigenvalue weighted by atomic mass is 10.4. The van der Waals surface area contributed by atoms with E-state index in [2.05, 4.69) is 15.0 Å². The first-order valence-corrected chi connectivity index (χ1v) is 5.87. The van der Waals surface area contributed by atoms with Gasteiger partial charge in [-0.05, 0) is 13.8 Å². The number of rotatable bonds is 4. The molecule has 0 saturated heterocycles. The van der Waals surface area contributed by atoms with E-state index in [1.807, 2.05) is 12.3 Å². The van der Waals surface area contributed by atoms with Crippen LogP contribution in [0, 0.1) is 6.92 Å². The Kier molecular flexibility index (Phi) is 4.91. The second-order valence-corrected chi connectivity index (χ2v) is 4.05. The smallest absolute Gasteiger partial charge is 0.396 e. The van der Waals surface area contributed by atoms with Gasteiger partial charge in [-0.1, -0.05) is 0 Å². The fraction of sp³-hybridized carbons (Fsp3) is 0.500. The van der Waals surface area contributed by atoms with Crippen LogP contribution < -0.4 is 5.32 Å². The van der Waals surface area contributed by atoms with Crippen molar-refractivity contribution in [2.24, 2.45) is 0 Å². The van der Waals surface area contributed by atoms with Crippen molar-refractivity contribution in [3.8, 4) is 0 Å². The third-order valence-corrected chi connectivity index (χ3v) is 2.78. The second kappa shape index (κ2) is 6.22. The van der Waals surface area contributed by atoms with Gasteiger partial charge in [0.15, 0.2) is 0 Å². The van der Waals surface area contributed by atoms with Crippen LogP contribution in [0.25, 0.3) is 0 Å². The molecule has 88 valence electrons. The number of hydrogen-bond donors (Lipinski definition) is 1. The maximum absolute atomic E-state index is 11.1. The number of aryl methyl sites for hydroxylation is 1. The molecule has 1 heterocycles. The van der Waals surface area contributed by atoms with Gasteiger partial charge in [0.25, 0.3) is 0 Å². The number of esters is 1. The van der Waals surface area contributed by atoms with Crippen LogP contribution in [0.3, 0.4) is 0 Å². The van der Waals surface area contributed by atoms with Crippen molar-refractivity contribution in [1.29, 1.82) is 0 Å². The average molecular weight is 242 g/mol. The van der Waals surface area contributed by atoms with Gasteiger partial charge in [0.2, 0.25) is 0 Å². The minimum Gasteiger partial charge on any atom is -0.459 e. The molecule has 0 aliphatic rings. The molecule has 0 unspecified atom stereocenters. The Morgan fingerprint density at radius 1 is 1.56 bits per heavy atom. The lowest BCUT2D eigenvalue weighted by Gasteiger charge is -2.02. The number of carbonyl (C=O) groups is 2. The van der Waals surface area contributed by atoms with Crippen molar-refractivity contribution < 1.29 is 14.3 Å². The second-order valence-electron chi connectivity index (χ2n) is 3.11. The van der Waals surface area contributed by atoms with Crippen molar-refractivity contribution in [2.45, 2.75) is 20.3 Å². The molecule has 0 spiro atoms. The van der Waals surface area contributed by atoms with Crippen LogP contribution in [0.1, 0.15) is 17.6 Å². The summed E-state index contributed by atoms with van der Waals surface area (Å²) in [6.07, 6.45) is 0.629. The zero-order chi connectivity index (χ0) is 12.0. The fourth-order valence-corrected chi connectivity index (χ4v) is 1.85. The zero-order valence-corrected chi connectivity index (χ0v) is 10.1. The standard InChI is InChI=1S/C10H14N2O3S/c1-3-15-10(14)9(13)11-5-4-8-12-7(2)6-16-8/h6H,3-5H2,1-2H3,(H,11,13). The van der Waals surface area contributed by atoms with E-state index in [4.69, 9.17) is 0 Å². The van der Waals surface area contributed by atoms with Crippen LogP contribution in [0.4, 0.5) is 0 Å². The molecule has 0 radical (unpaired) electrons. The summed E-state index contributed by atoms with van der Waals surface area (Å²) in [5, 5.41) is 5.37. The Hall–Kier alpha value is -1.43. The molecule has 0 aliphatic carbocycles. The average Bonchev–Trinajstić information content (AvgIpc) is 2.64. The van der Waals surface area contributed by atoms with Gasteiger partial charge in [0, 0.05) is 24.0 Å². The third-order valence-electron chi connectivity index (χ3n) is 1.75. The van der Waals surface area contributed by atoms with E-state index in [0.717, 1.165) is 10.7 Å². The van der Waals surface area contributed by atoms with Crippen molar-refractivity contribution >= 4 is 23.2 Å². The minimum absolute atomic E-state index is 0.206. The number of thiazole rings is 1. The lowest BCUT2D eigenvalue weighted by molar-refractivity contribution is -0.154. The number of amides is 1. The molecule has 5 nitrogen and oxygen atoms in total. The predicted molar refractivity (Wildman–Crippen MR) is 60.2 cm³/mol. The van der Waals surface area contributed by atoms with Gasteiger partial charge >= 0.3 is 11.9 Å².